The van der Waals surface area contributed by atoms with Crippen LogP contribution in [-0.4, -0.2) is 52.6 Å². The average molecular weight is 585 g/mol. The summed E-state index contributed by atoms with van der Waals surface area (Å²) in [5.74, 6) is -1.41. The quantitative estimate of drug-likeness (QED) is 0.264. The minimum Gasteiger partial charge on any atom is -0.739 e. The van der Waals surface area contributed by atoms with Crippen molar-refractivity contribution in [3.63, 3.8) is 0 Å². The number of benzene rings is 1. The van der Waals surface area contributed by atoms with E-state index in [1.54, 1.807) is 6.07 Å². The number of carbonyl (C=O) groups is 2. The predicted octanol–water partition coefficient (Wildman–Crippen LogP) is 2.33. The second-order valence-electron chi connectivity index (χ2n) is 8.24. The van der Waals surface area contributed by atoms with Crippen molar-refractivity contribution in [1.82, 2.24) is 15.0 Å². The minimum atomic E-state index is -4.61. The zero-order valence-electron chi connectivity index (χ0n) is 19.1. The zero-order chi connectivity index (χ0) is 26.7. The Bertz CT molecular complexity index is 1330. The smallest absolute Gasteiger partial charge is 0.460 e. The Balaban J connectivity index is 1.25. The van der Waals surface area contributed by atoms with E-state index in [4.69, 9.17) is 4.74 Å². The Morgan fingerprint density at radius 1 is 1.16 bits per heavy atom. The summed E-state index contributed by atoms with van der Waals surface area (Å²) in [4.78, 5) is 30.0. The van der Waals surface area contributed by atoms with Crippen LogP contribution in [0.1, 0.15) is 35.2 Å². The van der Waals surface area contributed by atoms with Crippen LogP contribution < -0.4 is 14.9 Å². The van der Waals surface area contributed by atoms with E-state index in [1.165, 1.54) is 17.0 Å². The van der Waals surface area contributed by atoms with Crippen molar-refractivity contribution in [2.45, 2.75) is 31.5 Å². The highest BCUT2D eigenvalue weighted by Crippen LogP contribution is 2.29. The lowest BCUT2D eigenvalue weighted by Gasteiger charge is -2.31. The summed E-state index contributed by atoms with van der Waals surface area (Å²) < 4.78 is 45.1. The molecule has 2 aromatic heterocycles. The summed E-state index contributed by atoms with van der Waals surface area (Å²) in [7, 11) is 0. The van der Waals surface area contributed by atoms with Crippen LogP contribution >= 0.6 is 15.9 Å². The standard InChI is InChI=1S/C22H20BrF3N6O5/c23-15-1-2-17-18(10-15)32(36)29-21(31(17)35)28-6-3-19(33)37-16-4-7-30(8-5-16)20(34)13-9-14(12-27-11-13)22(24,25)26/h1-2,9-12,16H,3-8H2,(H,28,29). The molecule has 1 N–H and O–H groups in total. The Morgan fingerprint density at radius 2 is 1.89 bits per heavy atom. The molecule has 3 aromatic rings. The Kier molecular flexibility index (Phi) is 7.61. The van der Waals surface area contributed by atoms with Gasteiger partial charge in [-0.3, -0.25) is 19.9 Å². The molecular formula is C22H20BrF3N6O5. The van der Waals surface area contributed by atoms with Crippen LogP contribution in [0.15, 0.2) is 41.1 Å². The summed E-state index contributed by atoms with van der Waals surface area (Å²) in [5.41, 5.74) is -0.999. The zero-order valence-corrected chi connectivity index (χ0v) is 20.7. The summed E-state index contributed by atoms with van der Waals surface area (Å²) in [5, 5.41) is 30.9. The first kappa shape index (κ1) is 26.3. The third kappa shape index (κ3) is 6.15. The number of amides is 1. The molecule has 0 bridgehead atoms. The number of carbonyl (C=O) groups excluding carboxylic acids is 2. The van der Waals surface area contributed by atoms with Crippen molar-refractivity contribution in [1.29, 1.82) is 0 Å². The maximum absolute atomic E-state index is 12.9. The molecule has 3 heterocycles. The molecular weight excluding hydrogens is 565 g/mol. The number of anilines is 1. The molecule has 1 aliphatic heterocycles. The molecule has 196 valence electrons. The summed E-state index contributed by atoms with van der Waals surface area (Å²) in [6, 6.07) is 5.29. The highest BCUT2D eigenvalue weighted by atomic mass is 79.9. The molecule has 0 spiro atoms. The van der Waals surface area contributed by atoms with E-state index >= 15 is 0 Å². The number of esters is 1. The van der Waals surface area contributed by atoms with Gasteiger partial charge in [-0.1, -0.05) is 15.9 Å². The first-order chi connectivity index (χ1) is 17.5. The molecule has 11 nitrogen and oxygen atoms in total. The normalized spacial score (nSPS) is 14.5. The van der Waals surface area contributed by atoms with Gasteiger partial charge >= 0.3 is 23.6 Å². The van der Waals surface area contributed by atoms with E-state index in [1.807, 2.05) is 0 Å². The third-order valence-corrected chi connectivity index (χ3v) is 6.19. The van der Waals surface area contributed by atoms with Gasteiger partial charge in [0, 0.05) is 53.7 Å². The van der Waals surface area contributed by atoms with Gasteiger partial charge in [-0.05, 0) is 18.2 Å². The van der Waals surface area contributed by atoms with Gasteiger partial charge in [0.15, 0.2) is 5.52 Å². The molecule has 1 aromatic carbocycles. The minimum absolute atomic E-state index is 0.0179. The second kappa shape index (κ2) is 10.7. The molecule has 0 saturated carbocycles. The highest BCUT2D eigenvalue weighted by Gasteiger charge is 2.33. The molecule has 0 aliphatic carbocycles. The fraction of sp³-hybridized carbons (Fsp3) is 0.364. The van der Waals surface area contributed by atoms with Crippen LogP contribution in [0, 0.1) is 10.4 Å². The van der Waals surface area contributed by atoms with E-state index in [0.717, 1.165) is 12.3 Å². The fourth-order valence-electron chi connectivity index (χ4n) is 3.82. The number of hydrogen-bond donors (Lipinski definition) is 1. The van der Waals surface area contributed by atoms with Crippen LogP contribution in [0.2, 0.25) is 0 Å². The number of nitrogens with one attached hydrogen (secondary N) is 1. The Labute approximate surface area is 216 Å². The van der Waals surface area contributed by atoms with Crippen LogP contribution in [0.5, 0.6) is 0 Å². The molecule has 1 fully saturated rings. The van der Waals surface area contributed by atoms with Gasteiger partial charge in [-0.25, -0.2) is 4.73 Å². The van der Waals surface area contributed by atoms with Gasteiger partial charge in [-0.2, -0.15) is 13.2 Å². The van der Waals surface area contributed by atoms with Crippen LogP contribution in [-0.2, 0) is 15.7 Å². The number of alkyl halides is 3. The average Bonchev–Trinajstić information content (AvgIpc) is 2.86. The summed E-state index contributed by atoms with van der Waals surface area (Å²) >= 11 is 3.22. The number of halogens is 4. The van der Waals surface area contributed by atoms with Crippen molar-refractivity contribution in [3.8, 4) is 0 Å². The van der Waals surface area contributed by atoms with Crippen molar-refractivity contribution in [3.05, 3.63) is 62.7 Å². The van der Waals surface area contributed by atoms with E-state index in [0.29, 0.717) is 33.1 Å². The number of rotatable bonds is 6. The van der Waals surface area contributed by atoms with E-state index < -0.39 is 29.7 Å². The fourth-order valence-corrected chi connectivity index (χ4v) is 4.16. The van der Waals surface area contributed by atoms with Gasteiger partial charge < -0.3 is 20.1 Å². The van der Waals surface area contributed by atoms with Crippen LogP contribution in [0.4, 0.5) is 19.1 Å². The topological polar surface area (TPSA) is 138 Å². The number of fused-ring (bicyclic) bond motifs is 1. The Hall–Kier alpha value is -3.75. The van der Waals surface area contributed by atoms with Crippen LogP contribution in [0.3, 0.4) is 0 Å². The molecule has 0 atom stereocenters. The monoisotopic (exact) mass is 584 g/mol. The second-order valence-corrected chi connectivity index (χ2v) is 9.16. The third-order valence-electron chi connectivity index (χ3n) is 5.69. The number of aromatic nitrogens is 4. The predicted molar refractivity (Wildman–Crippen MR) is 125 cm³/mol. The summed E-state index contributed by atoms with van der Waals surface area (Å²) in [6.45, 7) is 0.375. The van der Waals surface area contributed by atoms with Crippen LogP contribution in [0.25, 0.3) is 11.0 Å². The van der Waals surface area contributed by atoms with Crippen molar-refractivity contribution in [2.24, 2.45) is 0 Å². The SMILES string of the molecule is O=C(CCNc1n[n+]([O-])c2cc(Br)ccc2[n+]1[O-])OC1CCN(C(=O)c2cncc(C(F)(F)F)c2)CC1. The number of hydrogen-bond acceptors (Lipinski definition) is 8. The van der Waals surface area contributed by atoms with Gasteiger partial charge in [0.2, 0.25) is 5.10 Å². The maximum Gasteiger partial charge on any atom is 0.460 e. The lowest BCUT2D eigenvalue weighted by molar-refractivity contribution is -0.672. The lowest BCUT2D eigenvalue weighted by Crippen LogP contribution is -2.44. The maximum atomic E-state index is 12.9. The lowest BCUT2D eigenvalue weighted by atomic mass is 10.1. The molecule has 4 rings (SSSR count). The molecule has 1 amide bonds. The number of pyridine rings is 1. The molecule has 37 heavy (non-hydrogen) atoms. The molecule has 15 heteroatoms. The number of piperidine rings is 1. The molecule has 1 aliphatic rings. The van der Waals surface area contributed by atoms with Gasteiger partial charge in [0.25, 0.3) is 5.91 Å². The summed E-state index contributed by atoms with van der Waals surface area (Å²) in [6.07, 6.45) is -2.83. The molecule has 0 unspecified atom stereocenters. The van der Waals surface area contributed by atoms with E-state index in [-0.39, 0.29) is 48.6 Å². The number of ether oxygens (including phenoxy) is 1. The van der Waals surface area contributed by atoms with E-state index in [2.05, 4.69) is 31.3 Å². The van der Waals surface area contributed by atoms with Gasteiger partial charge in [0.1, 0.15) is 6.10 Å². The number of nitrogens with zero attached hydrogens (tertiary/aromatic N) is 5. The Morgan fingerprint density at radius 3 is 2.59 bits per heavy atom. The van der Waals surface area contributed by atoms with Gasteiger partial charge in [0.05, 0.1) is 24.1 Å². The number of likely N-dealkylation sites (tertiary alicyclic amines) is 1. The first-order valence-corrected chi connectivity index (χ1v) is 11.9. The molecule has 0 radical (unpaired) electrons. The van der Waals surface area contributed by atoms with E-state index in [9.17, 15) is 33.2 Å². The van der Waals surface area contributed by atoms with Crippen molar-refractivity contribution in [2.75, 3.05) is 25.0 Å². The highest BCUT2D eigenvalue weighted by molar-refractivity contribution is 9.10. The van der Waals surface area contributed by atoms with Gasteiger partial charge in [-0.15, -0.1) is 0 Å². The molecule has 1 saturated heterocycles. The van der Waals surface area contributed by atoms with Crippen molar-refractivity contribution >= 4 is 44.8 Å². The first-order valence-electron chi connectivity index (χ1n) is 11.1. The van der Waals surface area contributed by atoms with Crippen molar-refractivity contribution < 1.29 is 37.1 Å². The largest absolute Gasteiger partial charge is 0.739 e.